The molecule has 20 heavy (non-hydrogen) atoms. The minimum absolute atomic E-state index is 0.0910. The Kier molecular flexibility index (Phi) is 5.04. The summed E-state index contributed by atoms with van der Waals surface area (Å²) in [5, 5.41) is 6.22. The van der Waals surface area contributed by atoms with Crippen molar-refractivity contribution in [2.45, 2.75) is 13.0 Å². The van der Waals surface area contributed by atoms with Gasteiger partial charge >= 0.3 is 6.03 Å². The zero-order chi connectivity index (χ0) is 14.5. The number of benzene rings is 2. The summed E-state index contributed by atoms with van der Waals surface area (Å²) in [5.41, 5.74) is 1.69. The maximum Gasteiger partial charge on any atom is 0.319 e. The second-order valence-corrected chi connectivity index (χ2v) is 5.74. The number of halogens is 2. The van der Waals surface area contributed by atoms with Gasteiger partial charge in [0.05, 0.1) is 6.04 Å². The van der Waals surface area contributed by atoms with Crippen molar-refractivity contribution >= 4 is 39.2 Å². The van der Waals surface area contributed by atoms with Crippen LogP contribution in [0.25, 0.3) is 0 Å². The smallest absolute Gasteiger partial charge is 0.319 e. The first-order chi connectivity index (χ1) is 9.54. The first kappa shape index (κ1) is 14.9. The number of nitrogens with one attached hydrogen (secondary N) is 2. The third-order valence-corrected chi connectivity index (χ3v) is 3.51. The van der Waals surface area contributed by atoms with Crippen LogP contribution in [0.15, 0.2) is 53.0 Å². The fraction of sp³-hybridized carbons (Fsp3) is 0.133. The topological polar surface area (TPSA) is 41.1 Å². The van der Waals surface area contributed by atoms with Gasteiger partial charge in [-0.3, -0.25) is 0 Å². The second kappa shape index (κ2) is 6.77. The molecule has 0 aliphatic carbocycles. The van der Waals surface area contributed by atoms with Crippen molar-refractivity contribution in [2.75, 3.05) is 5.32 Å². The Labute approximate surface area is 131 Å². The maximum absolute atomic E-state index is 11.9. The highest BCUT2D eigenvalue weighted by Crippen LogP contribution is 2.18. The van der Waals surface area contributed by atoms with Gasteiger partial charge in [-0.2, -0.15) is 0 Å². The molecule has 1 unspecified atom stereocenters. The lowest BCUT2D eigenvalue weighted by Gasteiger charge is -2.15. The summed E-state index contributed by atoms with van der Waals surface area (Å²) in [6.45, 7) is 1.93. The molecule has 1 atom stereocenters. The molecule has 2 aromatic carbocycles. The lowest BCUT2D eigenvalue weighted by molar-refractivity contribution is 0.249. The van der Waals surface area contributed by atoms with E-state index in [0.717, 1.165) is 10.0 Å². The van der Waals surface area contributed by atoms with Gasteiger partial charge in [0.25, 0.3) is 0 Å². The van der Waals surface area contributed by atoms with Crippen molar-refractivity contribution in [3.8, 4) is 0 Å². The molecule has 0 fully saturated rings. The quantitative estimate of drug-likeness (QED) is 0.802. The Balaban J connectivity index is 1.97. The van der Waals surface area contributed by atoms with Crippen molar-refractivity contribution in [3.63, 3.8) is 0 Å². The molecule has 2 aromatic rings. The lowest BCUT2D eigenvalue weighted by Crippen LogP contribution is -2.31. The molecular formula is C15H14BrClN2O. The third kappa shape index (κ3) is 4.25. The zero-order valence-electron chi connectivity index (χ0n) is 10.9. The van der Waals surface area contributed by atoms with E-state index in [-0.39, 0.29) is 12.1 Å². The predicted octanol–water partition coefficient (Wildman–Crippen LogP) is 4.99. The predicted molar refractivity (Wildman–Crippen MR) is 86.2 cm³/mol. The van der Waals surface area contributed by atoms with E-state index < -0.39 is 0 Å². The molecule has 3 nitrogen and oxygen atoms in total. The van der Waals surface area contributed by atoms with E-state index >= 15 is 0 Å². The summed E-state index contributed by atoms with van der Waals surface area (Å²) < 4.78 is 0.985. The molecule has 0 radical (unpaired) electrons. The molecule has 104 valence electrons. The summed E-state index contributed by atoms with van der Waals surface area (Å²) in [6, 6.07) is 14.5. The largest absolute Gasteiger partial charge is 0.331 e. The fourth-order valence-corrected chi connectivity index (χ4v) is 2.40. The molecule has 0 heterocycles. The first-order valence-electron chi connectivity index (χ1n) is 6.13. The number of urea groups is 1. The Morgan fingerprint density at radius 1 is 1.20 bits per heavy atom. The minimum atomic E-state index is -0.264. The van der Waals surface area contributed by atoms with Gasteiger partial charge in [-0.1, -0.05) is 45.7 Å². The first-order valence-corrected chi connectivity index (χ1v) is 7.30. The highest BCUT2D eigenvalue weighted by molar-refractivity contribution is 9.10. The highest BCUT2D eigenvalue weighted by atomic mass is 79.9. The Hall–Kier alpha value is -1.52. The lowest BCUT2D eigenvalue weighted by atomic mass is 10.1. The van der Waals surface area contributed by atoms with E-state index in [1.54, 1.807) is 24.3 Å². The number of hydrogen-bond acceptors (Lipinski definition) is 1. The Bertz CT molecular complexity index is 618. The summed E-state index contributed by atoms with van der Waals surface area (Å²) in [7, 11) is 0. The zero-order valence-corrected chi connectivity index (χ0v) is 13.2. The molecule has 0 bridgehead atoms. The molecule has 2 N–H and O–H groups in total. The molecule has 5 heteroatoms. The molecule has 0 aliphatic heterocycles. The minimum Gasteiger partial charge on any atom is -0.331 e. The van der Waals surface area contributed by atoms with E-state index in [2.05, 4.69) is 26.6 Å². The SMILES string of the molecule is CC(NC(=O)Nc1cccc(Cl)c1)c1cccc(Br)c1. The van der Waals surface area contributed by atoms with Crippen LogP contribution in [-0.4, -0.2) is 6.03 Å². The van der Waals surface area contributed by atoms with Crippen molar-refractivity contribution in [3.05, 3.63) is 63.6 Å². The van der Waals surface area contributed by atoms with Crippen LogP contribution in [0, 0.1) is 0 Å². The standard InChI is InChI=1S/C15H14BrClN2O/c1-10(11-4-2-5-12(16)8-11)18-15(20)19-14-7-3-6-13(17)9-14/h2-10H,1H3,(H2,18,19,20). The van der Waals surface area contributed by atoms with Gasteiger partial charge in [-0.15, -0.1) is 0 Å². The van der Waals surface area contributed by atoms with E-state index in [1.807, 2.05) is 31.2 Å². The van der Waals surface area contributed by atoms with Crippen LogP contribution in [0.4, 0.5) is 10.5 Å². The van der Waals surface area contributed by atoms with Gasteiger partial charge in [0.1, 0.15) is 0 Å². The van der Waals surface area contributed by atoms with Crippen LogP contribution in [0.5, 0.6) is 0 Å². The van der Waals surface area contributed by atoms with Gasteiger partial charge in [0.2, 0.25) is 0 Å². The van der Waals surface area contributed by atoms with E-state index in [4.69, 9.17) is 11.6 Å². The summed E-state index contributed by atoms with van der Waals surface area (Å²) in [5.74, 6) is 0. The number of amides is 2. The van der Waals surface area contributed by atoms with Gasteiger partial charge in [-0.25, -0.2) is 4.79 Å². The van der Waals surface area contributed by atoms with Gasteiger partial charge < -0.3 is 10.6 Å². The number of anilines is 1. The molecule has 0 aliphatic rings. The monoisotopic (exact) mass is 352 g/mol. The van der Waals surface area contributed by atoms with Crippen LogP contribution in [0.1, 0.15) is 18.5 Å². The molecule has 0 aromatic heterocycles. The number of hydrogen-bond donors (Lipinski definition) is 2. The van der Waals surface area contributed by atoms with E-state index in [9.17, 15) is 4.79 Å². The number of carbonyl (C=O) groups is 1. The van der Waals surface area contributed by atoms with Crippen molar-refractivity contribution in [1.29, 1.82) is 0 Å². The number of rotatable bonds is 3. The van der Waals surface area contributed by atoms with Crippen molar-refractivity contribution < 1.29 is 4.79 Å². The molecule has 0 saturated carbocycles. The summed E-state index contributed by atoms with van der Waals surface area (Å²) in [4.78, 5) is 11.9. The van der Waals surface area contributed by atoms with Crippen molar-refractivity contribution in [2.24, 2.45) is 0 Å². The summed E-state index contributed by atoms with van der Waals surface area (Å²) in [6.07, 6.45) is 0. The summed E-state index contributed by atoms with van der Waals surface area (Å²) >= 11 is 9.29. The van der Waals surface area contributed by atoms with Crippen molar-refractivity contribution in [1.82, 2.24) is 5.32 Å². The molecule has 0 saturated heterocycles. The third-order valence-electron chi connectivity index (χ3n) is 2.78. The fourth-order valence-electron chi connectivity index (χ4n) is 1.79. The van der Waals surface area contributed by atoms with Crippen LogP contribution < -0.4 is 10.6 Å². The molecule has 2 rings (SSSR count). The Morgan fingerprint density at radius 3 is 2.65 bits per heavy atom. The molecular weight excluding hydrogens is 340 g/mol. The van der Waals surface area contributed by atoms with Gasteiger partial charge in [0, 0.05) is 15.2 Å². The average Bonchev–Trinajstić information content (AvgIpc) is 2.38. The van der Waals surface area contributed by atoms with Crippen LogP contribution in [-0.2, 0) is 0 Å². The van der Waals surface area contributed by atoms with E-state index in [1.165, 1.54) is 0 Å². The van der Waals surface area contributed by atoms with E-state index in [0.29, 0.717) is 10.7 Å². The maximum atomic E-state index is 11.9. The Morgan fingerprint density at radius 2 is 1.95 bits per heavy atom. The highest BCUT2D eigenvalue weighted by Gasteiger charge is 2.09. The van der Waals surface area contributed by atoms with Gasteiger partial charge in [0.15, 0.2) is 0 Å². The molecule has 0 spiro atoms. The van der Waals surface area contributed by atoms with Crippen LogP contribution >= 0.6 is 27.5 Å². The molecule has 2 amide bonds. The normalized spacial score (nSPS) is 11.8. The number of carbonyl (C=O) groups excluding carboxylic acids is 1. The second-order valence-electron chi connectivity index (χ2n) is 4.39. The average molecular weight is 354 g/mol. The van der Waals surface area contributed by atoms with Crippen LogP contribution in [0.2, 0.25) is 5.02 Å². The van der Waals surface area contributed by atoms with Crippen LogP contribution in [0.3, 0.4) is 0 Å². The van der Waals surface area contributed by atoms with Gasteiger partial charge in [-0.05, 0) is 42.8 Å².